The summed E-state index contributed by atoms with van der Waals surface area (Å²) in [5.74, 6) is 0. The van der Waals surface area contributed by atoms with E-state index < -0.39 is 0 Å². The van der Waals surface area contributed by atoms with Crippen LogP contribution in [0, 0.1) is 0 Å². The second kappa shape index (κ2) is 2.17. The average Bonchev–Trinajstić information content (AvgIpc) is 2.33. The van der Waals surface area contributed by atoms with Crippen molar-refractivity contribution in [3.8, 4) is 0 Å². The van der Waals surface area contributed by atoms with Gasteiger partial charge in [0.05, 0.1) is 11.6 Å². The van der Waals surface area contributed by atoms with E-state index in [1.165, 1.54) is 10.9 Å². The Balaban J connectivity index is 3.09. The van der Waals surface area contributed by atoms with Gasteiger partial charge in [0.1, 0.15) is 0 Å². The first-order valence-electron chi connectivity index (χ1n) is 3.55. The lowest BCUT2D eigenvalue weighted by molar-refractivity contribution is 0.589. The molecule has 0 aromatic carbocycles. The Morgan fingerprint density at radius 3 is 2.75 bits per heavy atom. The number of hydrogen-bond acceptors (Lipinski definition) is 3. The number of rotatable bonds is 0. The fourth-order valence-electron chi connectivity index (χ4n) is 1.18. The number of hydrogen-bond donors (Lipinski definition) is 0. The first-order valence-corrected chi connectivity index (χ1v) is 3.55. The Hall–Kier alpha value is -1.65. The van der Waals surface area contributed by atoms with Crippen LogP contribution in [0.4, 0.5) is 0 Å². The molecular weight excluding hydrogens is 156 g/mol. The van der Waals surface area contributed by atoms with Gasteiger partial charge in [-0.3, -0.25) is 14.2 Å². The van der Waals surface area contributed by atoms with Crippen LogP contribution in [0.15, 0.2) is 17.1 Å². The number of fused-ring (bicyclic) bond motifs is 1. The second-order valence-electron chi connectivity index (χ2n) is 2.62. The molecule has 0 amide bonds. The summed E-state index contributed by atoms with van der Waals surface area (Å²) in [5.41, 5.74) is 0.576. The molecule has 0 aliphatic carbocycles. The predicted molar refractivity (Wildman–Crippen MR) is 43.8 cm³/mol. The monoisotopic (exact) mass is 164 g/mol. The van der Waals surface area contributed by atoms with Crippen molar-refractivity contribution in [3.05, 3.63) is 22.6 Å². The normalized spacial score (nSPS) is 10.8. The fourth-order valence-corrected chi connectivity index (χ4v) is 1.18. The molecule has 0 fully saturated rings. The lowest BCUT2D eigenvalue weighted by Crippen LogP contribution is -2.16. The van der Waals surface area contributed by atoms with Gasteiger partial charge < -0.3 is 0 Å². The first-order chi connectivity index (χ1) is 5.72. The lowest BCUT2D eigenvalue weighted by atomic mass is 10.4. The largest absolute Gasteiger partial charge is 0.276 e. The van der Waals surface area contributed by atoms with E-state index in [4.69, 9.17) is 0 Å². The van der Waals surface area contributed by atoms with E-state index in [0.29, 0.717) is 11.0 Å². The van der Waals surface area contributed by atoms with Crippen LogP contribution in [0.1, 0.15) is 0 Å². The predicted octanol–water partition coefficient (Wildman–Crippen LogP) is -0.333. The smallest absolute Gasteiger partial charge is 0.267 e. The van der Waals surface area contributed by atoms with Crippen LogP contribution < -0.4 is 5.56 Å². The Kier molecular flexibility index (Phi) is 1.27. The van der Waals surface area contributed by atoms with Gasteiger partial charge in [0.25, 0.3) is 5.56 Å². The zero-order valence-electron chi connectivity index (χ0n) is 6.85. The summed E-state index contributed by atoms with van der Waals surface area (Å²) in [6.07, 6.45) is 1.52. The zero-order valence-corrected chi connectivity index (χ0v) is 6.85. The third-order valence-corrected chi connectivity index (χ3v) is 1.98. The minimum atomic E-state index is -0.0394. The quantitative estimate of drug-likeness (QED) is 0.535. The van der Waals surface area contributed by atoms with Gasteiger partial charge >= 0.3 is 0 Å². The van der Waals surface area contributed by atoms with Crippen LogP contribution in [0.5, 0.6) is 0 Å². The van der Waals surface area contributed by atoms with Gasteiger partial charge in [-0.25, -0.2) is 0 Å². The maximum Gasteiger partial charge on any atom is 0.276 e. The highest BCUT2D eigenvalue weighted by Crippen LogP contribution is 2.02. The van der Waals surface area contributed by atoms with Gasteiger partial charge in [0.15, 0.2) is 5.65 Å². The molecule has 0 saturated heterocycles. The van der Waals surface area contributed by atoms with Gasteiger partial charge in [-0.15, -0.1) is 5.10 Å². The maximum absolute atomic E-state index is 11.4. The van der Waals surface area contributed by atoms with Crippen molar-refractivity contribution < 1.29 is 0 Å². The third kappa shape index (κ3) is 0.702. The summed E-state index contributed by atoms with van der Waals surface area (Å²) in [5, 5.41) is 8.17. The molecular formula is C7H8N4O. The Morgan fingerprint density at radius 1 is 1.33 bits per heavy atom. The topological polar surface area (TPSA) is 52.7 Å². The molecule has 2 aromatic heterocycles. The summed E-state index contributed by atoms with van der Waals surface area (Å²) >= 11 is 0. The van der Waals surface area contributed by atoms with Crippen molar-refractivity contribution >= 4 is 11.0 Å². The first kappa shape index (κ1) is 7.02. The van der Waals surface area contributed by atoms with E-state index in [2.05, 4.69) is 10.2 Å². The highest BCUT2D eigenvalue weighted by molar-refractivity contribution is 5.73. The molecule has 0 spiro atoms. The molecule has 5 nitrogen and oxygen atoms in total. The molecule has 5 heteroatoms. The molecule has 0 aliphatic heterocycles. The standard InChI is InChI=1S/C7H8N4O/c1-10-6-5(3-4-8-9-6)7(12)11(10)2/h3-4H,1-2H3. The Morgan fingerprint density at radius 2 is 2.08 bits per heavy atom. The average molecular weight is 164 g/mol. The molecule has 0 bridgehead atoms. The molecule has 0 radical (unpaired) electrons. The Labute approximate surface area is 68.2 Å². The van der Waals surface area contributed by atoms with Crippen LogP contribution in [0.2, 0.25) is 0 Å². The highest BCUT2D eigenvalue weighted by atomic mass is 16.1. The van der Waals surface area contributed by atoms with Crippen LogP contribution >= 0.6 is 0 Å². The molecule has 2 aromatic rings. The van der Waals surface area contributed by atoms with Crippen LogP contribution in [-0.4, -0.2) is 19.6 Å². The summed E-state index contributed by atoms with van der Waals surface area (Å²) in [6, 6.07) is 1.67. The summed E-state index contributed by atoms with van der Waals surface area (Å²) < 4.78 is 3.17. The number of aromatic nitrogens is 4. The molecule has 0 aliphatic rings. The Bertz CT molecular complexity index is 482. The molecule has 0 saturated carbocycles. The number of aryl methyl sites for hydroxylation is 1. The van der Waals surface area contributed by atoms with Crippen molar-refractivity contribution in [2.75, 3.05) is 0 Å². The fraction of sp³-hybridized carbons (Fsp3) is 0.286. The second-order valence-corrected chi connectivity index (χ2v) is 2.62. The summed E-state index contributed by atoms with van der Waals surface area (Å²) in [7, 11) is 3.47. The van der Waals surface area contributed by atoms with Crippen LogP contribution in [0.3, 0.4) is 0 Å². The van der Waals surface area contributed by atoms with Crippen LogP contribution in [-0.2, 0) is 14.1 Å². The van der Waals surface area contributed by atoms with Gasteiger partial charge in [-0.1, -0.05) is 0 Å². The molecule has 0 unspecified atom stereocenters. The summed E-state index contributed by atoms with van der Waals surface area (Å²) in [6.45, 7) is 0. The van der Waals surface area contributed by atoms with Crippen molar-refractivity contribution in [1.29, 1.82) is 0 Å². The third-order valence-electron chi connectivity index (χ3n) is 1.98. The summed E-state index contributed by atoms with van der Waals surface area (Å²) in [4.78, 5) is 11.4. The van der Waals surface area contributed by atoms with E-state index in [-0.39, 0.29) is 5.56 Å². The van der Waals surface area contributed by atoms with E-state index in [1.54, 1.807) is 24.8 Å². The van der Waals surface area contributed by atoms with E-state index in [0.717, 1.165) is 0 Å². The molecule has 12 heavy (non-hydrogen) atoms. The SMILES string of the molecule is Cn1c(=O)c2ccnnc2n1C. The lowest BCUT2D eigenvalue weighted by Gasteiger charge is -1.96. The highest BCUT2D eigenvalue weighted by Gasteiger charge is 2.07. The van der Waals surface area contributed by atoms with Gasteiger partial charge in [-0.2, -0.15) is 5.10 Å². The minimum absolute atomic E-state index is 0.0394. The van der Waals surface area contributed by atoms with Crippen molar-refractivity contribution in [2.45, 2.75) is 0 Å². The van der Waals surface area contributed by atoms with Crippen molar-refractivity contribution in [3.63, 3.8) is 0 Å². The molecule has 0 N–H and O–H groups in total. The van der Waals surface area contributed by atoms with Gasteiger partial charge in [0, 0.05) is 14.1 Å². The van der Waals surface area contributed by atoms with Gasteiger partial charge in [0.2, 0.25) is 0 Å². The molecule has 2 rings (SSSR count). The van der Waals surface area contributed by atoms with Crippen molar-refractivity contribution in [2.24, 2.45) is 14.1 Å². The number of nitrogens with zero attached hydrogens (tertiary/aromatic N) is 4. The van der Waals surface area contributed by atoms with E-state index in [9.17, 15) is 4.79 Å². The molecule has 2 heterocycles. The minimum Gasteiger partial charge on any atom is -0.267 e. The molecule has 62 valence electrons. The zero-order chi connectivity index (χ0) is 8.72. The van der Waals surface area contributed by atoms with E-state index >= 15 is 0 Å². The van der Waals surface area contributed by atoms with Crippen molar-refractivity contribution in [1.82, 2.24) is 19.6 Å². The van der Waals surface area contributed by atoms with Crippen LogP contribution in [0.25, 0.3) is 11.0 Å². The molecule has 0 atom stereocenters. The van der Waals surface area contributed by atoms with E-state index in [1.807, 2.05) is 0 Å². The van der Waals surface area contributed by atoms with Gasteiger partial charge in [-0.05, 0) is 6.07 Å². The maximum atomic E-state index is 11.4.